The summed E-state index contributed by atoms with van der Waals surface area (Å²) < 4.78 is 0.898. The number of H-pyrrole nitrogens is 1. The quantitative estimate of drug-likeness (QED) is 0.281. The number of carbonyl (C=O) groups excluding carboxylic acids is 2. The number of carbonyl (C=O) groups is 2. The summed E-state index contributed by atoms with van der Waals surface area (Å²) in [4.78, 5) is 32.3. The molecule has 0 atom stereocenters. The molecule has 0 aliphatic carbocycles. The first-order chi connectivity index (χ1) is 17.3. The molecule has 36 heavy (non-hydrogen) atoms. The van der Waals surface area contributed by atoms with Crippen molar-refractivity contribution in [2.24, 2.45) is 0 Å². The third-order valence-corrected chi connectivity index (χ3v) is 7.08. The summed E-state index contributed by atoms with van der Waals surface area (Å²) in [6.07, 6.45) is 1.87. The third-order valence-electron chi connectivity index (χ3n) is 6.59. The predicted molar refractivity (Wildman–Crippen MR) is 151 cm³/mol. The molecule has 2 heterocycles. The molecule has 7 heteroatoms. The molecular formula is C29H33BrN4O2. The molecule has 3 aromatic rings. The molecule has 0 unspecified atom stereocenters. The van der Waals surface area contributed by atoms with Crippen molar-refractivity contribution in [2.45, 2.75) is 33.6 Å². The van der Waals surface area contributed by atoms with Gasteiger partial charge in [0.2, 0.25) is 0 Å². The lowest BCUT2D eigenvalue weighted by Crippen LogP contribution is -2.35. The molecular weight excluding hydrogens is 516 g/mol. The maximum Gasteiger partial charge on any atom is 0.256 e. The van der Waals surface area contributed by atoms with Crippen LogP contribution in [-0.4, -0.2) is 47.9 Å². The Morgan fingerprint density at radius 1 is 1.11 bits per heavy atom. The van der Waals surface area contributed by atoms with Crippen molar-refractivity contribution in [3.63, 3.8) is 0 Å². The third kappa shape index (κ3) is 5.32. The van der Waals surface area contributed by atoms with Crippen LogP contribution < -0.4 is 10.6 Å². The lowest BCUT2D eigenvalue weighted by molar-refractivity contribution is -0.110. The Balaban J connectivity index is 1.83. The molecule has 0 spiro atoms. The average Bonchev–Trinajstić information content (AvgIpc) is 3.40. The second-order valence-corrected chi connectivity index (χ2v) is 10.1. The molecule has 0 fully saturated rings. The van der Waals surface area contributed by atoms with E-state index in [0.717, 1.165) is 57.9 Å². The summed E-state index contributed by atoms with van der Waals surface area (Å²) in [7, 11) is 0. The monoisotopic (exact) mass is 548 g/mol. The normalized spacial score (nSPS) is 14.0. The SMILES string of the molecule is CCN(CC)CCNC(=O)c1c(C(C)C)[nH]c(/C=C2\C(=O)Nc3ccc(Br)cc32)c1-c1ccccc1. The number of rotatable bonds is 9. The Morgan fingerprint density at radius 2 is 1.83 bits per heavy atom. The number of aromatic nitrogens is 1. The van der Waals surface area contributed by atoms with Crippen molar-refractivity contribution in [1.82, 2.24) is 15.2 Å². The highest BCUT2D eigenvalue weighted by molar-refractivity contribution is 9.10. The number of amides is 2. The van der Waals surface area contributed by atoms with Gasteiger partial charge in [-0.05, 0) is 48.8 Å². The minimum absolute atomic E-state index is 0.0852. The zero-order valence-electron chi connectivity index (χ0n) is 21.2. The maximum atomic E-state index is 13.6. The highest BCUT2D eigenvalue weighted by atomic mass is 79.9. The van der Waals surface area contributed by atoms with E-state index in [2.05, 4.69) is 64.1 Å². The highest BCUT2D eigenvalue weighted by Crippen LogP contribution is 2.39. The number of nitrogens with zero attached hydrogens (tertiary/aromatic N) is 1. The van der Waals surface area contributed by atoms with Gasteiger partial charge in [-0.15, -0.1) is 0 Å². The predicted octanol–water partition coefficient (Wildman–Crippen LogP) is 6.13. The van der Waals surface area contributed by atoms with Crippen LogP contribution in [0.3, 0.4) is 0 Å². The summed E-state index contributed by atoms with van der Waals surface area (Å²) in [5.41, 5.74) is 6.15. The van der Waals surface area contributed by atoms with E-state index in [-0.39, 0.29) is 17.7 Å². The Kier molecular flexibility index (Phi) is 8.11. The van der Waals surface area contributed by atoms with E-state index in [1.807, 2.05) is 54.6 Å². The van der Waals surface area contributed by atoms with Gasteiger partial charge in [-0.1, -0.05) is 74.0 Å². The van der Waals surface area contributed by atoms with Crippen LogP contribution in [0, 0.1) is 0 Å². The van der Waals surface area contributed by atoms with Crippen LogP contribution in [0.4, 0.5) is 5.69 Å². The summed E-state index contributed by atoms with van der Waals surface area (Å²) in [6.45, 7) is 11.6. The molecule has 1 aliphatic heterocycles. The van der Waals surface area contributed by atoms with Gasteiger partial charge in [0.25, 0.3) is 11.8 Å². The Morgan fingerprint density at radius 3 is 2.50 bits per heavy atom. The molecule has 3 N–H and O–H groups in total. The number of fused-ring (bicyclic) bond motifs is 1. The molecule has 2 aromatic carbocycles. The van der Waals surface area contributed by atoms with Crippen molar-refractivity contribution < 1.29 is 9.59 Å². The number of likely N-dealkylation sites (N-methyl/N-ethyl adjacent to an activating group) is 1. The molecule has 6 nitrogen and oxygen atoms in total. The number of benzene rings is 2. The first kappa shape index (κ1) is 25.9. The van der Waals surface area contributed by atoms with Crippen molar-refractivity contribution in [1.29, 1.82) is 0 Å². The fourth-order valence-corrected chi connectivity index (χ4v) is 4.99. The lowest BCUT2D eigenvalue weighted by atomic mass is 9.95. The first-order valence-corrected chi connectivity index (χ1v) is 13.3. The minimum Gasteiger partial charge on any atom is -0.357 e. The first-order valence-electron chi connectivity index (χ1n) is 12.5. The van der Waals surface area contributed by atoms with E-state index in [0.29, 0.717) is 17.7 Å². The molecule has 2 amide bonds. The second kappa shape index (κ2) is 11.3. The van der Waals surface area contributed by atoms with Gasteiger partial charge < -0.3 is 20.5 Å². The molecule has 4 rings (SSSR count). The van der Waals surface area contributed by atoms with Gasteiger partial charge in [-0.25, -0.2) is 0 Å². The van der Waals surface area contributed by atoms with Crippen LogP contribution in [-0.2, 0) is 4.79 Å². The number of halogens is 1. The van der Waals surface area contributed by atoms with Crippen LogP contribution in [0.1, 0.15) is 60.9 Å². The van der Waals surface area contributed by atoms with E-state index in [9.17, 15) is 9.59 Å². The number of anilines is 1. The fraction of sp³-hybridized carbons (Fsp3) is 0.310. The molecule has 0 bridgehead atoms. The van der Waals surface area contributed by atoms with Crippen LogP contribution in [0.25, 0.3) is 22.8 Å². The van der Waals surface area contributed by atoms with Crippen LogP contribution in [0.2, 0.25) is 0 Å². The number of hydrogen-bond acceptors (Lipinski definition) is 3. The van der Waals surface area contributed by atoms with Gasteiger partial charge in [-0.3, -0.25) is 9.59 Å². The Bertz CT molecular complexity index is 1290. The molecule has 1 aromatic heterocycles. The average molecular weight is 550 g/mol. The summed E-state index contributed by atoms with van der Waals surface area (Å²) in [5.74, 6) is -0.181. The van der Waals surface area contributed by atoms with Gasteiger partial charge >= 0.3 is 0 Å². The zero-order valence-corrected chi connectivity index (χ0v) is 22.8. The largest absolute Gasteiger partial charge is 0.357 e. The van der Waals surface area contributed by atoms with Gasteiger partial charge in [-0.2, -0.15) is 0 Å². The van der Waals surface area contributed by atoms with E-state index in [1.165, 1.54) is 0 Å². The standard InChI is InChI=1S/C29H33BrN4O2/c1-5-34(6-2)15-14-31-29(36)26-25(19-10-8-7-9-11-19)24(32-27(26)18(3)4)17-22-21-16-20(30)12-13-23(21)33-28(22)35/h7-13,16-18,32H,5-6,14-15H2,1-4H3,(H,31,36)(H,33,35)/b22-17-. The van der Waals surface area contributed by atoms with E-state index in [1.54, 1.807) is 0 Å². The smallest absolute Gasteiger partial charge is 0.256 e. The van der Waals surface area contributed by atoms with Gasteiger partial charge in [0.1, 0.15) is 0 Å². The van der Waals surface area contributed by atoms with Crippen molar-refractivity contribution in [3.8, 4) is 11.1 Å². The minimum atomic E-state index is -0.159. The second-order valence-electron chi connectivity index (χ2n) is 9.21. The lowest BCUT2D eigenvalue weighted by Gasteiger charge is -2.18. The Labute approximate surface area is 221 Å². The van der Waals surface area contributed by atoms with Crippen LogP contribution >= 0.6 is 15.9 Å². The molecule has 188 valence electrons. The van der Waals surface area contributed by atoms with Crippen molar-refractivity contribution in [2.75, 3.05) is 31.5 Å². The number of nitrogens with one attached hydrogen (secondary N) is 3. The summed E-state index contributed by atoms with van der Waals surface area (Å²) in [5, 5.41) is 6.08. The zero-order chi connectivity index (χ0) is 25.8. The van der Waals surface area contributed by atoms with E-state index < -0.39 is 0 Å². The summed E-state index contributed by atoms with van der Waals surface area (Å²) >= 11 is 3.52. The topological polar surface area (TPSA) is 77.2 Å². The molecule has 1 aliphatic rings. The molecule has 0 saturated heterocycles. The van der Waals surface area contributed by atoms with Crippen molar-refractivity contribution >= 4 is 45.1 Å². The van der Waals surface area contributed by atoms with Crippen molar-refractivity contribution in [3.05, 3.63) is 75.5 Å². The molecule has 0 saturated carbocycles. The van der Waals surface area contributed by atoms with Crippen LogP contribution in [0.15, 0.2) is 53.0 Å². The van der Waals surface area contributed by atoms with E-state index >= 15 is 0 Å². The molecule has 0 radical (unpaired) electrons. The van der Waals surface area contributed by atoms with E-state index in [4.69, 9.17) is 0 Å². The maximum absolute atomic E-state index is 13.6. The highest BCUT2D eigenvalue weighted by Gasteiger charge is 2.28. The van der Waals surface area contributed by atoms with Gasteiger partial charge in [0, 0.05) is 45.8 Å². The Hall–Kier alpha value is -3.16. The number of hydrogen-bond donors (Lipinski definition) is 3. The number of aromatic amines is 1. The van der Waals surface area contributed by atoms with Gasteiger partial charge in [0.05, 0.1) is 11.1 Å². The fourth-order valence-electron chi connectivity index (χ4n) is 4.62. The summed E-state index contributed by atoms with van der Waals surface area (Å²) in [6, 6.07) is 15.6. The van der Waals surface area contributed by atoms with Crippen LogP contribution in [0.5, 0.6) is 0 Å². The van der Waals surface area contributed by atoms with Gasteiger partial charge in [0.15, 0.2) is 0 Å².